The highest BCUT2D eigenvalue weighted by Crippen LogP contribution is 2.32. The van der Waals surface area contributed by atoms with Crippen LogP contribution in [0.4, 0.5) is 5.69 Å². The molecule has 9 heteroatoms. The minimum atomic E-state index is -3.80. The van der Waals surface area contributed by atoms with Crippen LogP contribution in [0.25, 0.3) is 0 Å². The summed E-state index contributed by atoms with van der Waals surface area (Å²) in [5.41, 5.74) is 5.39. The summed E-state index contributed by atoms with van der Waals surface area (Å²) in [7, 11) is -2.35. The summed E-state index contributed by atoms with van der Waals surface area (Å²) < 4.78 is 32.5. The molecule has 1 amide bonds. The first-order valence-corrected chi connectivity index (χ1v) is 7.56. The molecule has 0 atom stereocenters. The molecule has 1 aromatic carbocycles. The van der Waals surface area contributed by atoms with Gasteiger partial charge in [0.15, 0.2) is 5.17 Å². The van der Waals surface area contributed by atoms with Gasteiger partial charge in [-0.05, 0) is 12.1 Å². The minimum absolute atomic E-state index is 0.0373. The largest absolute Gasteiger partial charge is 0.497 e. The number of amides is 1. The number of methoxy groups -OCH3 is 1. The first kappa shape index (κ1) is 13.7. The summed E-state index contributed by atoms with van der Waals surface area (Å²) in [6.45, 7) is 0. The monoisotopic (exact) mass is 301 g/mol. The number of nitrogens with one attached hydrogen (secondary N) is 1. The predicted octanol–water partition coefficient (Wildman–Crippen LogP) is 0.384. The molecule has 1 aromatic rings. The number of carbonyl (C=O) groups excluding carboxylic acids is 1. The number of nitrogens with zero attached hydrogens (tertiary/aromatic N) is 1. The lowest BCUT2D eigenvalue weighted by Crippen LogP contribution is -2.22. The van der Waals surface area contributed by atoms with Crippen LogP contribution in [0.3, 0.4) is 0 Å². The van der Waals surface area contributed by atoms with E-state index in [9.17, 15) is 13.2 Å². The van der Waals surface area contributed by atoms with Crippen molar-refractivity contribution in [3.8, 4) is 5.75 Å². The summed E-state index contributed by atoms with van der Waals surface area (Å²) in [5, 5.41) is 2.95. The van der Waals surface area contributed by atoms with Gasteiger partial charge in [0.25, 0.3) is 10.0 Å². The molecule has 0 bridgehead atoms. The Labute approximate surface area is 114 Å². The number of anilines is 1. The number of nitrogens with two attached hydrogens (primary N) is 1. The molecule has 1 heterocycles. The number of hydrogen-bond acceptors (Lipinski definition) is 6. The SMILES string of the molecule is COc1ccc2c(c1)S(=O)(=O)N=C(SCC(N)=O)N2. The average Bonchev–Trinajstić information content (AvgIpc) is 2.35. The molecule has 7 nitrogen and oxygen atoms in total. The van der Waals surface area contributed by atoms with Crippen molar-refractivity contribution < 1.29 is 17.9 Å². The number of thioether (sulfide) groups is 1. The topological polar surface area (TPSA) is 111 Å². The number of hydrogen-bond donors (Lipinski definition) is 2. The standard InChI is InChI=1S/C10H11N3O4S2/c1-17-6-2-3-7-8(4-6)19(15,16)13-10(12-7)18-5-9(11)14/h2-4H,5H2,1H3,(H2,11,14)(H,12,13). The summed E-state index contributed by atoms with van der Waals surface area (Å²) in [6.07, 6.45) is 0. The van der Waals surface area contributed by atoms with Gasteiger partial charge < -0.3 is 15.8 Å². The van der Waals surface area contributed by atoms with Crippen molar-refractivity contribution in [1.82, 2.24) is 0 Å². The fourth-order valence-corrected chi connectivity index (χ4v) is 3.44. The molecule has 1 aliphatic rings. The first-order chi connectivity index (χ1) is 8.92. The van der Waals surface area contributed by atoms with Crippen LogP contribution in [-0.4, -0.2) is 32.4 Å². The van der Waals surface area contributed by atoms with Gasteiger partial charge in [-0.1, -0.05) is 11.8 Å². The van der Waals surface area contributed by atoms with E-state index in [2.05, 4.69) is 9.71 Å². The molecular formula is C10H11N3O4S2. The quantitative estimate of drug-likeness (QED) is 0.835. The number of carbonyl (C=O) groups is 1. The van der Waals surface area contributed by atoms with Gasteiger partial charge in [-0.15, -0.1) is 4.40 Å². The van der Waals surface area contributed by atoms with Crippen molar-refractivity contribution in [3.63, 3.8) is 0 Å². The van der Waals surface area contributed by atoms with E-state index in [1.54, 1.807) is 12.1 Å². The molecule has 2 rings (SSSR count). The van der Waals surface area contributed by atoms with E-state index in [0.29, 0.717) is 11.4 Å². The van der Waals surface area contributed by atoms with Gasteiger partial charge >= 0.3 is 0 Å². The molecule has 0 radical (unpaired) electrons. The summed E-state index contributed by atoms with van der Waals surface area (Å²) in [4.78, 5) is 10.7. The molecule has 0 aromatic heterocycles. The van der Waals surface area contributed by atoms with Crippen molar-refractivity contribution in [2.75, 3.05) is 18.2 Å². The van der Waals surface area contributed by atoms with Gasteiger partial charge in [0.2, 0.25) is 5.91 Å². The Bertz CT molecular complexity index is 655. The van der Waals surface area contributed by atoms with Crippen LogP contribution in [0.1, 0.15) is 0 Å². The Balaban J connectivity index is 2.35. The van der Waals surface area contributed by atoms with Crippen LogP contribution in [-0.2, 0) is 14.8 Å². The van der Waals surface area contributed by atoms with Crippen molar-refractivity contribution >= 4 is 38.5 Å². The third-order valence-electron chi connectivity index (χ3n) is 2.26. The minimum Gasteiger partial charge on any atom is -0.497 e. The van der Waals surface area contributed by atoms with Crippen molar-refractivity contribution in [3.05, 3.63) is 18.2 Å². The van der Waals surface area contributed by atoms with Crippen molar-refractivity contribution in [2.24, 2.45) is 10.1 Å². The molecule has 1 aliphatic heterocycles. The van der Waals surface area contributed by atoms with E-state index in [-0.39, 0.29) is 15.8 Å². The lowest BCUT2D eigenvalue weighted by Gasteiger charge is -2.17. The molecule has 0 saturated carbocycles. The molecule has 0 saturated heterocycles. The summed E-state index contributed by atoms with van der Waals surface area (Å²) in [6, 6.07) is 4.59. The Kier molecular flexibility index (Phi) is 3.67. The van der Waals surface area contributed by atoms with E-state index in [1.807, 2.05) is 0 Å². The predicted molar refractivity (Wildman–Crippen MR) is 72.9 cm³/mol. The van der Waals surface area contributed by atoms with Gasteiger partial charge in [0, 0.05) is 6.07 Å². The average molecular weight is 301 g/mol. The first-order valence-electron chi connectivity index (χ1n) is 5.13. The third-order valence-corrected chi connectivity index (χ3v) is 4.59. The van der Waals surface area contributed by atoms with Gasteiger partial charge in [-0.25, -0.2) is 0 Å². The van der Waals surface area contributed by atoms with Crippen LogP contribution in [0.5, 0.6) is 5.75 Å². The number of rotatable bonds is 3. The van der Waals surface area contributed by atoms with Gasteiger partial charge in [0.05, 0.1) is 18.6 Å². The number of benzene rings is 1. The third kappa shape index (κ3) is 2.99. The molecule has 3 N–H and O–H groups in total. The van der Waals surface area contributed by atoms with Gasteiger partial charge in [-0.3, -0.25) is 4.79 Å². The maximum absolute atomic E-state index is 12.0. The molecule has 0 fully saturated rings. The number of amidine groups is 1. The zero-order valence-corrected chi connectivity index (χ0v) is 11.5. The van der Waals surface area contributed by atoms with Crippen LogP contribution in [0, 0.1) is 0 Å². The highest BCUT2D eigenvalue weighted by atomic mass is 32.2. The number of primary amides is 1. The molecule has 0 spiro atoms. The van der Waals surface area contributed by atoms with Crippen LogP contribution in [0.15, 0.2) is 27.5 Å². The van der Waals surface area contributed by atoms with Crippen LogP contribution < -0.4 is 15.8 Å². The fraction of sp³-hybridized carbons (Fsp3) is 0.200. The lowest BCUT2D eigenvalue weighted by molar-refractivity contribution is -0.115. The maximum Gasteiger partial charge on any atom is 0.286 e. The molecule has 19 heavy (non-hydrogen) atoms. The Morgan fingerprint density at radius 1 is 1.53 bits per heavy atom. The molecule has 102 valence electrons. The Hall–Kier alpha value is -1.74. The smallest absolute Gasteiger partial charge is 0.286 e. The zero-order chi connectivity index (χ0) is 14.0. The van der Waals surface area contributed by atoms with Crippen LogP contribution in [0.2, 0.25) is 0 Å². The number of fused-ring (bicyclic) bond motifs is 1. The van der Waals surface area contributed by atoms with E-state index in [0.717, 1.165) is 11.8 Å². The number of sulfonamides is 1. The van der Waals surface area contributed by atoms with Crippen LogP contribution >= 0.6 is 11.8 Å². The van der Waals surface area contributed by atoms with Crippen molar-refractivity contribution in [2.45, 2.75) is 4.90 Å². The van der Waals surface area contributed by atoms with E-state index >= 15 is 0 Å². The second-order valence-corrected chi connectivity index (χ2v) is 6.15. The molecule has 0 unspecified atom stereocenters. The maximum atomic E-state index is 12.0. The normalized spacial score (nSPS) is 15.9. The summed E-state index contributed by atoms with van der Waals surface area (Å²) >= 11 is 0.935. The van der Waals surface area contributed by atoms with E-state index < -0.39 is 15.9 Å². The van der Waals surface area contributed by atoms with Crippen molar-refractivity contribution in [1.29, 1.82) is 0 Å². The van der Waals surface area contributed by atoms with E-state index in [1.165, 1.54) is 13.2 Å². The molecular weight excluding hydrogens is 290 g/mol. The zero-order valence-electron chi connectivity index (χ0n) is 9.91. The summed E-state index contributed by atoms with van der Waals surface area (Å²) in [5.74, 6) is -0.174. The second kappa shape index (κ2) is 5.10. The Morgan fingerprint density at radius 3 is 2.89 bits per heavy atom. The highest BCUT2D eigenvalue weighted by Gasteiger charge is 2.25. The van der Waals surface area contributed by atoms with E-state index in [4.69, 9.17) is 10.5 Å². The number of ether oxygens (including phenoxy) is 1. The van der Waals surface area contributed by atoms with Gasteiger partial charge in [0.1, 0.15) is 10.6 Å². The Morgan fingerprint density at radius 2 is 2.26 bits per heavy atom. The highest BCUT2D eigenvalue weighted by molar-refractivity contribution is 8.15. The fourth-order valence-electron chi connectivity index (χ4n) is 1.44. The molecule has 0 aliphatic carbocycles. The second-order valence-electron chi connectivity index (χ2n) is 3.61. The van der Waals surface area contributed by atoms with Gasteiger partial charge in [-0.2, -0.15) is 8.42 Å². The lowest BCUT2D eigenvalue weighted by atomic mass is 10.3.